The Morgan fingerprint density at radius 3 is 2.56 bits per heavy atom. The Kier molecular flexibility index (Phi) is 6.54. The number of carbonyl (C=O) groups excluding carboxylic acids is 2. The van der Waals surface area contributed by atoms with E-state index in [4.69, 9.17) is 18.0 Å². The van der Waals surface area contributed by atoms with Crippen molar-refractivity contribution in [2.45, 2.75) is 44.2 Å². The highest BCUT2D eigenvalue weighted by Crippen LogP contribution is 2.35. The summed E-state index contributed by atoms with van der Waals surface area (Å²) in [6.07, 6.45) is 10.7. The van der Waals surface area contributed by atoms with Crippen LogP contribution in [-0.4, -0.2) is 17.9 Å². The first kappa shape index (κ1) is 19.5. The van der Waals surface area contributed by atoms with Gasteiger partial charge in [-0.15, -0.1) is 17.8 Å². The third kappa shape index (κ3) is 4.52. The number of hydrogen-bond donors (Lipinski definition) is 1. The minimum atomic E-state index is -0.852. The average molecular weight is 401 g/mol. The normalized spacial score (nSPS) is 15.6. The highest BCUT2D eigenvalue weighted by atomic mass is 35.5. The van der Waals surface area contributed by atoms with Crippen molar-refractivity contribution in [3.8, 4) is 12.3 Å². The van der Waals surface area contributed by atoms with Crippen LogP contribution in [0.5, 0.6) is 0 Å². The van der Waals surface area contributed by atoms with Crippen molar-refractivity contribution in [2.24, 2.45) is 0 Å². The van der Waals surface area contributed by atoms with Gasteiger partial charge < -0.3 is 5.32 Å². The molecule has 2 aromatic rings. The summed E-state index contributed by atoms with van der Waals surface area (Å²) in [5.41, 5.74) is 0.430. The van der Waals surface area contributed by atoms with Gasteiger partial charge in [0.2, 0.25) is 5.91 Å². The predicted molar refractivity (Wildman–Crippen MR) is 110 cm³/mol. The third-order valence-electron chi connectivity index (χ3n) is 4.73. The van der Waals surface area contributed by atoms with Crippen molar-refractivity contribution < 1.29 is 9.59 Å². The van der Waals surface area contributed by atoms with Crippen LogP contribution in [0.1, 0.15) is 43.0 Å². The lowest BCUT2D eigenvalue weighted by molar-refractivity contribution is -0.125. The molecule has 0 bridgehead atoms. The summed E-state index contributed by atoms with van der Waals surface area (Å²) in [7, 11) is 0. The maximum Gasteiger partial charge on any atom is 0.303 e. The Morgan fingerprint density at radius 2 is 1.93 bits per heavy atom. The van der Waals surface area contributed by atoms with Crippen molar-refractivity contribution in [1.29, 1.82) is 0 Å². The molecule has 1 saturated carbocycles. The number of terminal acetylenes is 1. The lowest BCUT2D eigenvalue weighted by Gasteiger charge is -2.32. The molecule has 1 fully saturated rings. The van der Waals surface area contributed by atoms with Gasteiger partial charge in [0, 0.05) is 10.9 Å². The maximum absolute atomic E-state index is 13.2. The molecule has 0 saturated heterocycles. The smallest absolute Gasteiger partial charge is 0.303 e. The molecule has 1 heterocycles. The van der Waals surface area contributed by atoms with Gasteiger partial charge in [0.05, 0.1) is 10.7 Å². The van der Waals surface area contributed by atoms with Crippen LogP contribution < -0.4 is 10.2 Å². The number of para-hydroxylation sites is 1. The highest BCUT2D eigenvalue weighted by Gasteiger charge is 2.35. The molecule has 4 nitrogen and oxygen atoms in total. The molecule has 1 aromatic carbocycles. The Morgan fingerprint density at radius 1 is 1.19 bits per heavy atom. The highest BCUT2D eigenvalue weighted by molar-refractivity contribution is 7.10. The zero-order valence-electron chi connectivity index (χ0n) is 14.9. The molecule has 140 valence electrons. The fourth-order valence-corrected chi connectivity index (χ4v) is 4.47. The molecule has 1 aliphatic carbocycles. The van der Waals surface area contributed by atoms with Gasteiger partial charge in [-0.25, -0.2) is 0 Å². The second-order valence-corrected chi connectivity index (χ2v) is 7.92. The molecule has 1 atom stereocenters. The zero-order chi connectivity index (χ0) is 19.2. The van der Waals surface area contributed by atoms with Crippen LogP contribution in [0, 0.1) is 12.3 Å². The number of rotatable bonds is 5. The van der Waals surface area contributed by atoms with E-state index in [1.807, 2.05) is 17.5 Å². The molecule has 1 aliphatic rings. The lowest BCUT2D eigenvalue weighted by Crippen LogP contribution is -2.46. The molecule has 27 heavy (non-hydrogen) atoms. The minimum absolute atomic E-state index is 0.128. The number of nitrogens with zero attached hydrogens (tertiary/aromatic N) is 1. The molecule has 1 aromatic heterocycles. The van der Waals surface area contributed by atoms with Crippen molar-refractivity contribution in [3.63, 3.8) is 0 Å². The third-order valence-corrected chi connectivity index (χ3v) is 5.97. The summed E-state index contributed by atoms with van der Waals surface area (Å²) >= 11 is 7.74. The molecule has 0 radical (unpaired) electrons. The second kappa shape index (κ2) is 9.07. The fourth-order valence-electron chi connectivity index (χ4n) is 3.43. The first-order valence-electron chi connectivity index (χ1n) is 9.00. The first-order valence-corrected chi connectivity index (χ1v) is 10.3. The van der Waals surface area contributed by atoms with Crippen LogP contribution >= 0.6 is 22.9 Å². The van der Waals surface area contributed by atoms with Crippen LogP contribution in [0.3, 0.4) is 0 Å². The van der Waals surface area contributed by atoms with Gasteiger partial charge in [0.15, 0.2) is 6.04 Å². The Bertz CT molecular complexity index is 838. The van der Waals surface area contributed by atoms with Crippen molar-refractivity contribution in [1.82, 2.24) is 5.32 Å². The lowest BCUT2D eigenvalue weighted by atomic mass is 9.95. The van der Waals surface area contributed by atoms with E-state index >= 15 is 0 Å². The van der Waals surface area contributed by atoms with Crippen LogP contribution in [0.2, 0.25) is 5.02 Å². The molecule has 0 aliphatic heterocycles. The molecule has 3 rings (SSSR count). The topological polar surface area (TPSA) is 49.4 Å². The van der Waals surface area contributed by atoms with Crippen LogP contribution in [0.15, 0.2) is 41.8 Å². The van der Waals surface area contributed by atoms with Crippen LogP contribution in [0.25, 0.3) is 0 Å². The van der Waals surface area contributed by atoms with Gasteiger partial charge in [-0.3, -0.25) is 14.5 Å². The van der Waals surface area contributed by atoms with E-state index in [-0.39, 0.29) is 11.9 Å². The standard InChI is InChI=1S/C21H21ClN2O2S/c1-2-19(25)24(17-12-7-6-11-16(17)22)20(18-13-8-14-27-18)21(26)23-15-9-4-3-5-10-15/h1,6-8,11-15,20H,3-5,9-10H2,(H,23,26). The number of thiophene rings is 1. The van der Waals surface area contributed by atoms with E-state index < -0.39 is 11.9 Å². The number of carbonyl (C=O) groups is 2. The summed E-state index contributed by atoms with van der Waals surface area (Å²) in [6.45, 7) is 0. The SMILES string of the molecule is C#CC(=O)N(c1ccccc1Cl)C(C(=O)NC1CCCCC1)c1cccs1. The number of amides is 2. The summed E-state index contributed by atoms with van der Waals surface area (Å²) in [4.78, 5) is 28.0. The first-order chi connectivity index (χ1) is 13.1. The molecule has 2 amide bonds. The number of benzene rings is 1. The molecular weight excluding hydrogens is 380 g/mol. The Labute approximate surface area is 168 Å². The van der Waals surface area contributed by atoms with Gasteiger partial charge in [0.25, 0.3) is 0 Å². The molecular formula is C21H21ClN2O2S. The molecule has 6 heteroatoms. The second-order valence-electron chi connectivity index (χ2n) is 6.53. The summed E-state index contributed by atoms with van der Waals surface area (Å²) in [5.74, 6) is 1.32. The van der Waals surface area contributed by atoms with E-state index in [2.05, 4.69) is 11.2 Å². The largest absolute Gasteiger partial charge is 0.351 e. The summed E-state index contributed by atoms with van der Waals surface area (Å²) < 4.78 is 0. The van der Waals surface area contributed by atoms with Gasteiger partial charge in [-0.05, 0) is 42.3 Å². The van der Waals surface area contributed by atoms with E-state index in [0.29, 0.717) is 10.7 Å². The number of anilines is 1. The number of hydrogen-bond acceptors (Lipinski definition) is 3. The Hall–Kier alpha value is -2.29. The maximum atomic E-state index is 13.2. The average Bonchev–Trinajstić information content (AvgIpc) is 3.21. The monoisotopic (exact) mass is 400 g/mol. The van der Waals surface area contributed by atoms with Crippen molar-refractivity contribution in [3.05, 3.63) is 51.7 Å². The minimum Gasteiger partial charge on any atom is -0.351 e. The van der Waals surface area contributed by atoms with E-state index in [9.17, 15) is 9.59 Å². The van der Waals surface area contributed by atoms with Gasteiger partial charge >= 0.3 is 5.91 Å². The molecule has 1 unspecified atom stereocenters. The van der Waals surface area contributed by atoms with Crippen LogP contribution in [0.4, 0.5) is 5.69 Å². The van der Waals surface area contributed by atoms with E-state index in [1.54, 1.807) is 24.3 Å². The van der Waals surface area contributed by atoms with Crippen LogP contribution in [-0.2, 0) is 9.59 Å². The Balaban J connectivity index is 1.99. The number of halogens is 1. The predicted octanol–water partition coefficient (Wildman–Crippen LogP) is 4.56. The molecule has 0 spiro atoms. The quantitative estimate of drug-likeness (QED) is 0.748. The van der Waals surface area contributed by atoms with E-state index in [1.165, 1.54) is 22.7 Å². The van der Waals surface area contributed by atoms with Gasteiger partial charge in [-0.1, -0.05) is 49.1 Å². The summed E-state index contributed by atoms with van der Waals surface area (Å²) in [6, 6.07) is 9.88. The van der Waals surface area contributed by atoms with Crippen molar-refractivity contribution in [2.75, 3.05) is 4.90 Å². The van der Waals surface area contributed by atoms with Crippen molar-refractivity contribution >= 4 is 40.4 Å². The molecule has 1 N–H and O–H groups in total. The van der Waals surface area contributed by atoms with E-state index in [0.717, 1.165) is 30.6 Å². The summed E-state index contributed by atoms with van der Waals surface area (Å²) in [5, 5.41) is 5.36. The number of nitrogens with one attached hydrogen (secondary N) is 1. The zero-order valence-corrected chi connectivity index (χ0v) is 16.4. The van der Waals surface area contributed by atoms with Gasteiger partial charge in [-0.2, -0.15) is 0 Å². The van der Waals surface area contributed by atoms with Gasteiger partial charge in [0.1, 0.15) is 0 Å². The fraction of sp³-hybridized carbons (Fsp3) is 0.333.